The molecule has 4 aromatic rings. The Hall–Kier alpha value is -2.68. The van der Waals surface area contributed by atoms with Gasteiger partial charge >= 0.3 is 0 Å². The molecule has 1 aromatic heterocycles. The molecule has 0 atom stereocenters. The Morgan fingerprint density at radius 3 is 2.56 bits per heavy atom. The molecular weight excluding hydrogens is 554 g/mol. The summed E-state index contributed by atoms with van der Waals surface area (Å²) in [5, 5.41) is 5.33. The number of fused-ring (bicyclic) bond motifs is 1. The largest absolute Gasteiger partial charge is 0.484 e. The number of rotatable bonds is 8. The van der Waals surface area contributed by atoms with E-state index in [1.165, 1.54) is 22.6 Å². The lowest BCUT2D eigenvalue weighted by molar-refractivity contribution is -0.123. The molecule has 5 rings (SSSR count). The maximum absolute atomic E-state index is 12.3. The van der Waals surface area contributed by atoms with Crippen molar-refractivity contribution in [2.45, 2.75) is 18.1 Å². The molecule has 184 valence electrons. The number of nitrogens with zero attached hydrogens (tertiary/aromatic N) is 2. The molecule has 8 heteroatoms. The third kappa shape index (κ3) is 5.82. The number of carbonyl (C=O) groups excluding carboxylic acids is 1. The maximum atomic E-state index is 12.3. The number of nitrogens with one attached hydrogen (secondary N) is 1. The van der Waals surface area contributed by atoms with Crippen molar-refractivity contribution in [3.63, 3.8) is 0 Å². The zero-order valence-electron chi connectivity index (χ0n) is 19.8. The highest BCUT2D eigenvalue weighted by molar-refractivity contribution is 9.10. The molecule has 0 unspecified atom stereocenters. The summed E-state index contributed by atoms with van der Waals surface area (Å²) < 4.78 is 9.49. The Morgan fingerprint density at radius 1 is 1.08 bits per heavy atom. The van der Waals surface area contributed by atoms with E-state index in [1.807, 2.05) is 47.8 Å². The van der Waals surface area contributed by atoms with Gasteiger partial charge in [0.1, 0.15) is 5.75 Å². The molecular formula is C28H26BrN3O2S2. The van der Waals surface area contributed by atoms with Crippen LogP contribution in [-0.2, 0) is 11.3 Å². The Morgan fingerprint density at radius 2 is 1.81 bits per heavy atom. The van der Waals surface area contributed by atoms with E-state index in [1.54, 1.807) is 6.21 Å². The van der Waals surface area contributed by atoms with Crippen molar-refractivity contribution in [2.75, 3.05) is 18.1 Å². The summed E-state index contributed by atoms with van der Waals surface area (Å²) in [6, 6.07) is 24.6. The molecule has 0 spiro atoms. The Balaban J connectivity index is 1.22. The highest BCUT2D eigenvalue weighted by Gasteiger charge is 2.18. The number of aromatic nitrogens is 1. The lowest BCUT2D eigenvalue weighted by Crippen LogP contribution is -2.24. The van der Waals surface area contributed by atoms with Gasteiger partial charge in [0.25, 0.3) is 5.91 Å². The van der Waals surface area contributed by atoms with Crippen molar-refractivity contribution in [1.82, 2.24) is 9.99 Å². The van der Waals surface area contributed by atoms with Crippen LogP contribution < -0.4 is 10.2 Å². The monoisotopic (exact) mass is 579 g/mol. The van der Waals surface area contributed by atoms with Crippen LogP contribution >= 0.6 is 39.5 Å². The third-order valence-electron chi connectivity index (χ3n) is 6.06. The summed E-state index contributed by atoms with van der Waals surface area (Å²) in [6.07, 6.45) is 1.72. The number of amides is 1. The summed E-state index contributed by atoms with van der Waals surface area (Å²) in [6.45, 7) is 2.75. The zero-order chi connectivity index (χ0) is 24.9. The summed E-state index contributed by atoms with van der Waals surface area (Å²) in [5.41, 5.74) is 8.31. The van der Waals surface area contributed by atoms with Gasteiger partial charge in [0, 0.05) is 44.7 Å². The standard InChI is InChI=1S/C28H26BrN3O2S2/c1-19-25(24-4-2-3-5-26(24)32(19)17-20-6-10-22(29)11-7-20)16-30-31-27(33)18-34-23-12-8-21(9-13-23)28-35-14-15-36-28/h2-13,16,28H,14-15,17-18H2,1H3,(H,31,33)/b30-16-. The lowest BCUT2D eigenvalue weighted by Gasteiger charge is -2.10. The molecule has 0 radical (unpaired) electrons. The second-order valence-corrected chi connectivity index (χ2v) is 12.1. The topological polar surface area (TPSA) is 55.6 Å². The average molecular weight is 581 g/mol. The SMILES string of the molecule is Cc1c(/C=N\NC(=O)COc2ccc(C3SCCS3)cc2)c2ccccc2n1Cc1ccc(Br)cc1. The molecule has 2 heterocycles. The fourth-order valence-corrected chi connectivity index (χ4v) is 7.34. The van der Waals surface area contributed by atoms with Gasteiger partial charge in [-0.1, -0.05) is 58.4 Å². The number of carbonyl (C=O) groups is 1. The number of thioether (sulfide) groups is 2. The summed E-state index contributed by atoms with van der Waals surface area (Å²) >= 11 is 7.44. The predicted molar refractivity (Wildman–Crippen MR) is 155 cm³/mol. The van der Waals surface area contributed by atoms with Crippen molar-refractivity contribution in [3.8, 4) is 5.75 Å². The first-order chi connectivity index (χ1) is 17.6. The minimum atomic E-state index is -0.298. The fraction of sp³-hybridized carbons (Fsp3) is 0.214. The number of hydrogen-bond acceptors (Lipinski definition) is 5. The van der Waals surface area contributed by atoms with Crippen LogP contribution in [0.15, 0.2) is 82.4 Å². The summed E-state index contributed by atoms with van der Waals surface area (Å²) in [5.74, 6) is 2.77. The van der Waals surface area contributed by atoms with E-state index in [9.17, 15) is 4.79 Å². The zero-order valence-corrected chi connectivity index (χ0v) is 23.0. The van der Waals surface area contributed by atoms with E-state index >= 15 is 0 Å². The highest BCUT2D eigenvalue weighted by Crippen LogP contribution is 2.45. The summed E-state index contributed by atoms with van der Waals surface area (Å²) in [7, 11) is 0. The van der Waals surface area contributed by atoms with Crippen molar-refractivity contribution < 1.29 is 9.53 Å². The van der Waals surface area contributed by atoms with E-state index in [4.69, 9.17) is 4.74 Å². The Bertz CT molecular complexity index is 1380. The Labute approximate surface area is 227 Å². The van der Waals surface area contributed by atoms with Crippen LogP contribution in [0.1, 0.15) is 27.0 Å². The van der Waals surface area contributed by atoms with E-state index in [2.05, 4.69) is 86.5 Å². The number of halogens is 1. The first-order valence-electron chi connectivity index (χ1n) is 11.7. The van der Waals surface area contributed by atoms with Crippen LogP contribution in [-0.4, -0.2) is 34.8 Å². The normalized spacial score (nSPS) is 14.1. The smallest absolute Gasteiger partial charge is 0.277 e. The molecule has 1 fully saturated rings. The molecule has 0 saturated carbocycles. The quantitative estimate of drug-likeness (QED) is 0.185. The first kappa shape index (κ1) is 25.0. The predicted octanol–water partition coefficient (Wildman–Crippen LogP) is 6.77. The van der Waals surface area contributed by atoms with E-state index in [0.717, 1.165) is 33.2 Å². The second-order valence-electron chi connectivity index (χ2n) is 8.45. The number of ether oxygens (including phenoxy) is 1. The van der Waals surface area contributed by atoms with Gasteiger partial charge in [0.15, 0.2) is 6.61 Å². The van der Waals surface area contributed by atoms with Gasteiger partial charge in [0.2, 0.25) is 0 Å². The lowest BCUT2D eigenvalue weighted by atomic mass is 10.1. The van der Waals surface area contributed by atoms with Gasteiger partial charge in [0.05, 0.1) is 10.8 Å². The van der Waals surface area contributed by atoms with Crippen LogP contribution in [0.2, 0.25) is 0 Å². The van der Waals surface area contributed by atoms with Gasteiger partial charge in [-0.25, -0.2) is 5.43 Å². The third-order valence-corrected chi connectivity index (χ3v) is 9.69. The van der Waals surface area contributed by atoms with Gasteiger partial charge < -0.3 is 9.30 Å². The second kappa shape index (κ2) is 11.6. The van der Waals surface area contributed by atoms with Crippen LogP contribution in [0.3, 0.4) is 0 Å². The van der Waals surface area contributed by atoms with E-state index < -0.39 is 0 Å². The van der Waals surface area contributed by atoms with Crippen molar-refractivity contribution in [2.24, 2.45) is 5.10 Å². The van der Waals surface area contributed by atoms with Crippen LogP contribution in [0.25, 0.3) is 10.9 Å². The molecule has 3 aromatic carbocycles. The number of hydrogen-bond donors (Lipinski definition) is 1. The molecule has 1 amide bonds. The maximum Gasteiger partial charge on any atom is 0.277 e. The number of para-hydroxylation sites is 1. The first-order valence-corrected chi connectivity index (χ1v) is 14.6. The van der Waals surface area contributed by atoms with Crippen molar-refractivity contribution >= 4 is 62.5 Å². The summed E-state index contributed by atoms with van der Waals surface area (Å²) in [4.78, 5) is 12.3. The van der Waals surface area contributed by atoms with Gasteiger partial charge in [-0.3, -0.25) is 4.79 Å². The highest BCUT2D eigenvalue weighted by atomic mass is 79.9. The van der Waals surface area contributed by atoms with Crippen molar-refractivity contribution in [3.05, 3.63) is 99.7 Å². The minimum absolute atomic E-state index is 0.0894. The van der Waals surface area contributed by atoms with E-state index in [0.29, 0.717) is 10.3 Å². The molecule has 1 N–H and O–H groups in total. The van der Waals surface area contributed by atoms with Crippen LogP contribution in [0.5, 0.6) is 5.75 Å². The number of hydrazone groups is 1. The molecule has 0 bridgehead atoms. The molecule has 1 saturated heterocycles. The van der Waals surface area contributed by atoms with E-state index in [-0.39, 0.29) is 12.5 Å². The van der Waals surface area contributed by atoms with Gasteiger partial charge in [-0.15, -0.1) is 23.5 Å². The fourth-order valence-electron chi connectivity index (χ4n) is 4.22. The minimum Gasteiger partial charge on any atom is -0.484 e. The van der Waals surface area contributed by atoms with Crippen LogP contribution in [0.4, 0.5) is 0 Å². The molecule has 1 aliphatic rings. The molecule has 5 nitrogen and oxygen atoms in total. The molecule has 0 aliphatic carbocycles. The van der Waals surface area contributed by atoms with Gasteiger partial charge in [-0.05, 0) is 48.4 Å². The average Bonchev–Trinajstić information content (AvgIpc) is 3.53. The molecule has 36 heavy (non-hydrogen) atoms. The molecule has 1 aliphatic heterocycles. The number of benzene rings is 3. The van der Waals surface area contributed by atoms with Gasteiger partial charge in [-0.2, -0.15) is 5.10 Å². The van der Waals surface area contributed by atoms with Crippen molar-refractivity contribution in [1.29, 1.82) is 0 Å². The Kier molecular flexibility index (Phi) is 8.04. The van der Waals surface area contributed by atoms with Crippen LogP contribution in [0, 0.1) is 6.92 Å².